The van der Waals surface area contributed by atoms with Crippen LogP contribution in [0, 0.1) is 0 Å². The number of ether oxygens (including phenoxy) is 1. The highest BCUT2D eigenvalue weighted by Gasteiger charge is 2.28. The van der Waals surface area contributed by atoms with Gasteiger partial charge in [-0.2, -0.15) is 0 Å². The smallest absolute Gasteiger partial charge is 0.302 e. The van der Waals surface area contributed by atoms with Crippen LogP contribution in [-0.4, -0.2) is 35.5 Å². The van der Waals surface area contributed by atoms with Crippen LogP contribution in [0.5, 0.6) is 0 Å². The van der Waals surface area contributed by atoms with E-state index in [-0.39, 0.29) is 53.7 Å². The molecule has 0 aromatic heterocycles. The lowest BCUT2D eigenvalue weighted by atomic mass is 10.1. The van der Waals surface area contributed by atoms with Gasteiger partial charge in [0.05, 0.1) is 0 Å². The summed E-state index contributed by atoms with van der Waals surface area (Å²) in [6.07, 6.45) is 3.16. The van der Waals surface area contributed by atoms with Gasteiger partial charge in [0, 0.05) is 32.4 Å². The van der Waals surface area contributed by atoms with Gasteiger partial charge in [-0.1, -0.05) is 36.6 Å². The molecule has 1 aliphatic rings. The molecule has 2 unspecified atom stereocenters. The monoisotopic (exact) mass is 291 g/mol. The lowest BCUT2D eigenvalue weighted by Crippen LogP contribution is -2.38. The summed E-state index contributed by atoms with van der Waals surface area (Å²) in [7, 11) is 0. The van der Waals surface area contributed by atoms with Gasteiger partial charge in [-0.05, 0) is 19.8 Å². The molecule has 1 saturated heterocycles. The Kier molecular flexibility index (Phi) is 17.7. The van der Waals surface area contributed by atoms with Crippen molar-refractivity contribution in [1.82, 2.24) is 4.90 Å². The summed E-state index contributed by atoms with van der Waals surface area (Å²) >= 11 is 0. The Labute approximate surface area is 126 Å². The molecule has 1 heterocycles. The van der Waals surface area contributed by atoms with Gasteiger partial charge in [0.15, 0.2) is 0 Å². The molecule has 1 aliphatic heterocycles. The average Bonchev–Trinajstić information content (AvgIpc) is 2.60. The van der Waals surface area contributed by atoms with E-state index in [2.05, 4.69) is 6.92 Å². The summed E-state index contributed by atoms with van der Waals surface area (Å²) in [5, 5.41) is 0. The summed E-state index contributed by atoms with van der Waals surface area (Å²) < 4.78 is 5.10. The van der Waals surface area contributed by atoms with Crippen molar-refractivity contribution in [2.24, 2.45) is 0 Å². The Bertz CT molecular complexity index is 266. The van der Waals surface area contributed by atoms with Crippen LogP contribution in [0.4, 0.5) is 0 Å². The summed E-state index contributed by atoms with van der Waals surface area (Å²) in [6.45, 7) is 6.21. The second-order valence-electron chi connectivity index (χ2n) is 4.41. The fraction of sp³-hybridized carbons (Fsp3) is 0.875. The molecule has 1 fully saturated rings. The third-order valence-electron chi connectivity index (χ3n) is 2.99. The fourth-order valence-corrected chi connectivity index (χ4v) is 2.28. The molecule has 0 spiro atoms. The molecule has 0 saturated carbocycles. The number of carbonyl (C=O) groups excluding carboxylic acids is 2. The molecule has 1 rings (SSSR count). The number of amides is 1. The zero-order chi connectivity index (χ0) is 12.1. The van der Waals surface area contributed by atoms with Gasteiger partial charge in [0.1, 0.15) is 6.10 Å². The molecule has 4 heteroatoms. The van der Waals surface area contributed by atoms with Crippen molar-refractivity contribution in [3.05, 3.63) is 0 Å². The lowest BCUT2D eigenvalue weighted by Gasteiger charge is -2.28. The van der Waals surface area contributed by atoms with Crippen molar-refractivity contribution in [3.63, 3.8) is 0 Å². The van der Waals surface area contributed by atoms with Gasteiger partial charge in [0.2, 0.25) is 5.91 Å². The van der Waals surface area contributed by atoms with Crippen molar-refractivity contribution in [2.75, 3.05) is 6.54 Å². The van der Waals surface area contributed by atoms with Crippen LogP contribution < -0.4 is 0 Å². The first-order valence-electron chi connectivity index (χ1n) is 6.01. The van der Waals surface area contributed by atoms with E-state index in [4.69, 9.17) is 4.74 Å². The highest BCUT2D eigenvalue weighted by Crippen LogP contribution is 2.20. The molecule has 0 aromatic carbocycles. The van der Waals surface area contributed by atoms with E-state index in [0.29, 0.717) is 6.42 Å². The van der Waals surface area contributed by atoms with Crippen molar-refractivity contribution < 1.29 is 14.3 Å². The van der Waals surface area contributed by atoms with Gasteiger partial charge in [-0.25, -0.2) is 0 Å². The highest BCUT2D eigenvalue weighted by atomic mass is 16.5. The zero-order valence-corrected chi connectivity index (χ0v) is 10.4. The summed E-state index contributed by atoms with van der Waals surface area (Å²) in [5.74, 6) is -0.0167. The second-order valence-corrected chi connectivity index (χ2v) is 4.41. The quantitative estimate of drug-likeness (QED) is 0.710. The largest absolute Gasteiger partial charge is 0.463 e. The van der Waals surface area contributed by atoms with Crippen molar-refractivity contribution in [1.29, 1.82) is 0 Å². The number of carbonyl (C=O) groups is 2. The molecule has 0 radical (unpaired) electrons. The minimum absolute atomic E-state index is 0. The molecule has 0 aliphatic carbocycles. The van der Waals surface area contributed by atoms with Gasteiger partial charge in [-0.15, -0.1) is 0 Å². The minimum atomic E-state index is -0.255. The molecule has 1 amide bonds. The number of rotatable bonds is 5. The Morgan fingerprint density at radius 2 is 1.85 bits per heavy atom. The average molecular weight is 291 g/mol. The van der Waals surface area contributed by atoms with Gasteiger partial charge >= 0.3 is 5.97 Å². The standard InChI is InChI=1S/C12H21NO3.4CH4/c1-4-11(8-9(2)16-10(3)14)13-7-5-6-12(13)15;;;;/h9,11H,4-8H2,1-3H3;4*1H4. The number of nitrogens with zero attached hydrogens (tertiary/aromatic N) is 1. The zero-order valence-electron chi connectivity index (χ0n) is 10.4. The Morgan fingerprint density at radius 1 is 1.30 bits per heavy atom. The number of hydrogen-bond donors (Lipinski definition) is 0. The minimum Gasteiger partial charge on any atom is -0.463 e. The van der Waals surface area contributed by atoms with Crippen LogP contribution in [0.25, 0.3) is 0 Å². The maximum Gasteiger partial charge on any atom is 0.302 e. The van der Waals surface area contributed by atoms with Crippen molar-refractivity contribution in [3.8, 4) is 0 Å². The SMILES string of the molecule is C.C.C.C.CCC(CC(C)OC(C)=O)N1CCCC1=O. The molecule has 124 valence electrons. The van der Waals surface area contributed by atoms with Crippen LogP contribution in [0.2, 0.25) is 0 Å². The molecule has 0 N–H and O–H groups in total. The van der Waals surface area contributed by atoms with Crippen LogP contribution >= 0.6 is 0 Å². The van der Waals surface area contributed by atoms with Gasteiger partial charge in [-0.3, -0.25) is 9.59 Å². The predicted molar refractivity (Wildman–Crippen MR) is 87.8 cm³/mol. The van der Waals surface area contributed by atoms with Crippen LogP contribution in [0.3, 0.4) is 0 Å². The Morgan fingerprint density at radius 3 is 2.20 bits per heavy atom. The summed E-state index contributed by atoms with van der Waals surface area (Å²) in [4.78, 5) is 24.3. The third kappa shape index (κ3) is 8.18. The first-order valence-corrected chi connectivity index (χ1v) is 6.01. The molecule has 20 heavy (non-hydrogen) atoms. The topological polar surface area (TPSA) is 46.6 Å². The van der Waals surface area contributed by atoms with Gasteiger partial charge in [0.25, 0.3) is 0 Å². The Hall–Kier alpha value is -1.06. The highest BCUT2D eigenvalue weighted by molar-refractivity contribution is 5.78. The van der Waals surface area contributed by atoms with Crippen LogP contribution in [-0.2, 0) is 14.3 Å². The summed E-state index contributed by atoms with van der Waals surface area (Å²) in [5.41, 5.74) is 0. The van der Waals surface area contributed by atoms with E-state index >= 15 is 0 Å². The van der Waals surface area contributed by atoms with E-state index in [1.807, 2.05) is 11.8 Å². The van der Waals surface area contributed by atoms with Crippen LogP contribution in [0.15, 0.2) is 0 Å². The molecular weight excluding hydrogens is 254 g/mol. The lowest BCUT2D eigenvalue weighted by molar-refractivity contribution is -0.146. The number of hydrogen-bond acceptors (Lipinski definition) is 3. The molecular formula is C16H37NO3. The summed E-state index contributed by atoms with van der Waals surface area (Å²) in [6, 6.07) is 0.212. The van der Waals surface area contributed by atoms with Crippen molar-refractivity contribution >= 4 is 11.9 Å². The first kappa shape index (κ1) is 27.3. The van der Waals surface area contributed by atoms with E-state index in [0.717, 1.165) is 25.8 Å². The fourth-order valence-electron chi connectivity index (χ4n) is 2.28. The van der Waals surface area contributed by atoms with E-state index in [1.54, 1.807) is 0 Å². The first-order chi connectivity index (χ1) is 7.54. The predicted octanol–water partition coefficient (Wildman–Crippen LogP) is 4.27. The molecule has 2 atom stereocenters. The Balaban J connectivity index is -0.000000320. The van der Waals surface area contributed by atoms with Crippen LogP contribution in [0.1, 0.15) is 76.2 Å². The second kappa shape index (κ2) is 12.9. The van der Waals surface area contributed by atoms with Gasteiger partial charge < -0.3 is 9.64 Å². The third-order valence-corrected chi connectivity index (χ3v) is 2.99. The molecule has 0 aromatic rings. The number of esters is 1. The molecule has 4 nitrogen and oxygen atoms in total. The maximum absolute atomic E-state index is 11.6. The van der Waals surface area contributed by atoms with E-state index in [9.17, 15) is 9.59 Å². The molecule has 0 bridgehead atoms. The maximum atomic E-state index is 11.6. The van der Waals surface area contributed by atoms with E-state index < -0.39 is 0 Å². The number of likely N-dealkylation sites (tertiary alicyclic amines) is 1. The normalized spacial score (nSPS) is 15.8. The van der Waals surface area contributed by atoms with Crippen molar-refractivity contribution in [2.45, 2.75) is 88.3 Å². The van der Waals surface area contributed by atoms with E-state index in [1.165, 1.54) is 6.92 Å².